The van der Waals surface area contributed by atoms with Gasteiger partial charge in [-0.2, -0.15) is 0 Å². The molecule has 1 heterocycles. The van der Waals surface area contributed by atoms with Crippen molar-refractivity contribution in [2.45, 2.75) is 26.4 Å². The van der Waals surface area contributed by atoms with E-state index in [9.17, 15) is 4.39 Å². The van der Waals surface area contributed by atoms with E-state index in [1.807, 2.05) is 31.1 Å². The lowest BCUT2D eigenvalue weighted by atomic mass is 10.1. The highest BCUT2D eigenvalue weighted by Gasteiger charge is 2.08. The summed E-state index contributed by atoms with van der Waals surface area (Å²) in [6.07, 6.45) is 1.06. The Kier molecular flexibility index (Phi) is 10.9. The summed E-state index contributed by atoms with van der Waals surface area (Å²) in [4.78, 5) is 7.64. The largest absolute Gasteiger partial charge is 0.356 e. The molecule has 2 rings (SSSR count). The number of benzene rings is 1. The van der Waals surface area contributed by atoms with Gasteiger partial charge in [0.1, 0.15) is 5.82 Å². The molecule has 0 spiro atoms. The summed E-state index contributed by atoms with van der Waals surface area (Å²) in [7, 11) is 5.64. The van der Waals surface area contributed by atoms with Crippen molar-refractivity contribution < 1.29 is 4.39 Å². The van der Waals surface area contributed by atoms with Crippen molar-refractivity contribution in [3.05, 3.63) is 57.5 Å². The number of nitrogens with one attached hydrogen (secondary N) is 2. The zero-order chi connectivity index (χ0) is 18.9. The summed E-state index contributed by atoms with van der Waals surface area (Å²) in [5.74, 6) is 1.12. The summed E-state index contributed by atoms with van der Waals surface area (Å²) < 4.78 is 13.9. The second kappa shape index (κ2) is 12.3. The first kappa shape index (κ1) is 23.8. The Morgan fingerprint density at radius 3 is 2.67 bits per heavy atom. The number of hydrogen-bond acceptors (Lipinski definition) is 3. The summed E-state index contributed by atoms with van der Waals surface area (Å²) in [6.45, 7) is 4.28. The molecule has 0 aliphatic carbocycles. The fourth-order valence-corrected chi connectivity index (χ4v) is 3.59. The lowest BCUT2D eigenvalue weighted by Crippen LogP contribution is -2.39. The Morgan fingerprint density at radius 2 is 2.04 bits per heavy atom. The minimum atomic E-state index is -0.160. The monoisotopic (exact) mass is 504 g/mol. The summed E-state index contributed by atoms with van der Waals surface area (Å²) in [5, 5.41) is 8.79. The van der Waals surface area contributed by atoms with Crippen molar-refractivity contribution in [2.24, 2.45) is 10.9 Å². The Bertz CT molecular complexity index is 704. The molecule has 0 saturated heterocycles. The van der Waals surface area contributed by atoms with E-state index in [2.05, 4.69) is 40.1 Å². The maximum absolute atomic E-state index is 13.9. The number of nitrogens with zero attached hydrogens (tertiary/aromatic N) is 2. The molecule has 1 aromatic heterocycles. The lowest BCUT2D eigenvalue weighted by Gasteiger charge is -2.16. The van der Waals surface area contributed by atoms with Crippen LogP contribution in [-0.4, -0.2) is 38.5 Å². The molecule has 0 bridgehead atoms. The van der Waals surface area contributed by atoms with Crippen molar-refractivity contribution in [1.82, 2.24) is 15.5 Å². The predicted octanol–water partition coefficient (Wildman–Crippen LogP) is 4.11. The minimum absolute atomic E-state index is 0. The van der Waals surface area contributed by atoms with Gasteiger partial charge < -0.3 is 15.5 Å². The van der Waals surface area contributed by atoms with Gasteiger partial charge in [0.05, 0.1) is 0 Å². The predicted molar refractivity (Wildman–Crippen MR) is 125 cm³/mol. The highest BCUT2D eigenvalue weighted by molar-refractivity contribution is 14.0. The van der Waals surface area contributed by atoms with Crippen LogP contribution < -0.4 is 10.6 Å². The molecule has 7 heteroatoms. The summed E-state index contributed by atoms with van der Waals surface area (Å²) in [5.41, 5.74) is 1.75. The first-order chi connectivity index (χ1) is 12.5. The average Bonchev–Trinajstić information content (AvgIpc) is 3.10. The normalized spacial score (nSPS) is 12.6. The quantitative estimate of drug-likeness (QED) is 0.323. The molecule has 2 aromatic rings. The van der Waals surface area contributed by atoms with E-state index in [1.165, 1.54) is 10.9 Å². The number of hydrogen-bond donors (Lipinski definition) is 2. The molecule has 0 aliphatic heterocycles. The maximum atomic E-state index is 13.9. The first-order valence-corrected chi connectivity index (χ1v) is 9.74. The summed E-state index contributed by atoms with van der Waals surface area (Å²) >= 11 is 1.80. The second-order valence-corrected chi connectivity index (χ2v) is 7.89. The molecule has 0 aliphatic rings. The van der Waals surface area contributed by atoms with Crippen molar-refractivity contribution in [3.8, 4) is 0 Å². The molecule has 0 saturated carbocycles. The Balaban J connectivity index is 0.00000364. The van der Waals surface area contributed by atoms with Gasteiger partial charge in [-0.15, -0.1) is 35.3 Å². The van der Waals surface area contributed by atoms with E-state index in [4.69, 9.17) is 0 Å². The third-order valence-corrected chi connectivity index (χ3v) is 4.93. The summed E-state index contributed by atoms with van der Waals surface area (Å²) in [6, 6.07) is 9.53. The van der Waals surface area contributed by atoms with Crippen molar-refractivity contribution in [1.29, 1.82) is 0 Å². The molecule has 0 fully saturated rings. The van der Waals surface area contributed by atoms with E-state index < -0.39 is 0 Å². The van der Waals surface area contributed by atoms with Crippen LogP contribution in [0.1, 0.15) is 22.9 Å². The van der Waals surface area contributed by atoms with Gasteiger partial charge >= 0.3 is 0 Å². The van der Waals surface area contributed by atoms with Gasteiger partial charge in [-0.3, -0.25) is 4.99 Å². The molecular formula is C20H30FIN4S. The van der Waals surface area contributed by atoms with Crippen LogP contribution >= 0.6 is 35.3 Å². The van der Waals surface area contributed by atoms with Gasteiger partial charge in [-0.1, -0.05) is 19.1 Å². The van der Waals surface area contributed by atoms with Crippen molar-refractivity contribution in [3.63, 3.8) is 0 Å². The average molecular weight is 504 g/mol. The molecule has 0 radical (unpaired) electrons. The SMILES string of the molecule is CN=C(NCc1ccc(F)c(CN(C)C)c1)NCC(C)Cc1cccs1.I. The highest BCUT2D eigenvalue weighted by Crippen LogP contribution is 2.14. The zero-order valence-electron chi connectivity index (χ0n) is 16.5. The van der Waals surface area contributed by atoms with Crippen LogP contribution in [0.2, 0.25) is 0 Å². The van der Waals surface area contributed by atoms with Crippen molar-refractivity contribution >= 4 is 41.3 Å². The van der Waals surface area contributed by atoms with E-state index in [0.29, 0.717) is 24.6 Å². The molecule has 27 heavy (non-hydrogen) atoms. The standard InChI is InChI=1S/C20H29FN4S.HI/c1-15(10-18-6-5-9-26-18)12-23-20(22-2)24-13-16-7-8-19(21)17(11-16)14-25(3)4;/h5-9,11,15H,10,12-14H2,1-4H3,(H2,22,23,24);1H. The fourth-order valence-electron chi connectivity index (χ4n) is 2.72. The molecule has 1 aromatic carbocycles. The van der Waals surface area contributed by atoms with Crippen LogP contribution in [0.5, 0.6) is 0 Å². The third kappa shape index (κ3) is 8.57. The minimum Gasteiger partial charge on any atom is -0.356 e. The first-order valence-electron chi connectivity index (χ1n) is 8.87. The molecule has 150 valence electrons. The number of rotatable bonds is 8. The number of thiophene rings is 1. The van der Waals surface area contributed by atoms with E-state index >= 15 is 0 Å². The van der Waals surface area contributed by atoms with E-state index in [0.717, 1.165) is 24.5 Å². The third-order valence-electron chi connectivity index (χ3n) is 4.03. The van der Waals surface area contributed by atoms with Gasteiger partial charge in [0.25, 0.3) is 0 Å². The molecule has 2 N–H and O–H groups in total. The van der Waals surface area contributed by atoms with Gasteiger partial charge in [0.2, 0.25) is 0 Å². The molecular weight excluding hydrogens is 474 g/mol. The highest BCUT2D eigenvalue weighted by atomic mass is 127. The lowest BCUT2D eigenvalue weighted by molar-refractivity contribution is 0.392. The fraction of sp³-hybridized carbons (Fsp3) is 0.450. The van der Waals surface area contributed by atoms with Crippen LogP contribution in [0.3, 0.4) is 0 Å². The van der Waals surface area contributed by atoms with Gasteiger partial charge in [-0.25, -0.2) is 4.39 Å². The Hall–Kier alpha value is -1.19. The zero-order valence-corrected chi connectivity index (χ0v) is 19.6. The van der Waals surface area contributed by atoms with Gasteiger partial charge in [-0.05, 0) is 55.6 Å². The Labute approximate surface area is 183 Å². The topological polar surface area (TPSA) is 39.7 Å². The van der Waals surface area contributed by atoms with Crippen LogP contribution in [0.4, 0.5) is 4.39 Å². The maximum Gasteiger partial charge on any atom is 0.191 e. The van der Waals surface area contributed by atoms with Gasteiger partial charge in [0, 0.05) is 37.1 Å². The van der Waals surface area contributed by atoms with Crippen LogP contribution in [0.25, 0.3) is 0 Å². The van der Waals surface area contributed by atoms with Gasteiger partial charge in [0.15, 0.2) is 5.96 Å². The smallest absolute Gasteiger partial charge is 0.191 e. The molecule has 1 unspecified atom stereocenters. The van der Waals surface area contributed by atoms with Crippen molar-refractivity contribution in [2.75, 3.05) is 27.7 Å². The molecule has 1 atom stereocenters. The second-order valence-electron chi connectivity index (χ2n) is 6.86. The van der Waals surface area contributed by atoms with E-state index in [1.54, 1.807) is 18.4 Å². The van der Waals surface area contributed by atoms with Crippen LogP contribution in [-0.2, 0) is 19.5 Å². The van der Waals surface area contributed by atoms with Crippen LogP contribution in [0.15, 0.2) is 40.7 Å². The number of guanidine groups is 1. The molecule has 4 nitrogen and oxygen atoms in total. The number of aliphatic imine (C=N–C) groups is 1. The van der Waals surface area contributed by atoms with E-state index in [-0.39, 0.29) is 29.8 Å². The Morgan fingerprint density at radius 1 is 1.26 bits per heavy atom. The number of halogens is 2. The van der Waals surface area contributed by atoms with Crippen LogP contribution in [0, 0.1) is 11.7 Å². The molecule has 0 amide bonds.